The Balaban J connectivity index is 0.965. The van der Waals surface area contributed by atoms with Crippen LogP contribution in [0.2, 0.25) is 0 Å². The SMILES string of the molecule is CS(C)(=O)=NC1CCC(CNc2ncc(S(=O)(=O)NC(=O)c3ccc(N4CCC5(CC4)CC(N4CCNCC4)C5)cc3Oc3cnc4[nH]ccc4c3)cc2[N+](=O)[O-])CC1. The fourth-order valence-electron chi connectivity index (χ4n) is 9.12. The number of piperidine rings is 1. The van der Waals surface area contributed by atoms with Crippen molar-refractivity contribution < 1.29 is 27.1 Å². The Morgan fingerprint density at radius 2 is 1.75 bits per heavy atom. The molecule has 316 valence electrons. The molecule has 19 heteroatoms. The number of benzene rings is 1. The molecule has 17 nitrogen and oxygen atoms in total. The number of piperazine rings is 1. The first-order valence-corrected chi connectivity index (χ1v) is 24.1. The second-order valence-corrected chi connectivity index (χ2v) is 21.0. The molecule has 4 fully saturated rings. The predicted octanol–water partition coefficient (Wildman–Crippen LogP) is 5.13. The number of nitro groups is 1. The predicted molar refractivity (Wildman–Crippen MR) is 226 cm³/mol. The van der Waals surface area contributed by atoms with Crippen LogP contribution in [0.3, 0.4) is 0 Å². The van der Waals surface area contributed by atoms with Gasteiger partial charge in [0.25, 0.3) is 15.9 Å². The molecule has 59 heavy (non-hydrogen) atoms. The van der Waals surface area contributed by atoms with Gasteiger partial charge in [-0.05, 0) is 87.0 Å². The van der Waals surface area contributed by atoms with Crippen LogP contribution in [0, 0.1) is 21.4 Å². The fraction of sp³-hybridized carbons (Fsp3) is 0.525. The molecule has 2 aliphatic heterocycles. The Morgan fingerprint density at radius 3 is 2.46 bits per heavy atom. The van der Waals surface area contributed by atoms with Gasteiger partial charge in [0.1, 0.15) is 22.0 Å². The number of hydrogen-bond donors (Lipinski definition) is 4. The summed E-state index contributed by atoms with van der Waals surface area (Å²) in [7, 11) is -6.82. The molecule has 2 saturated carbocycles. The second kappa shape index (κ2) is 16.7. The number of aromatic amines is 1. The Morgan fingerprint density at radius 1 is 1.00 bits per heavy atom. The highest BCUT2D eigenvalue weighted by Gasteiger charge is 2.48. The number of aromatic nitrogens is 3. The van der Waals surface area contributed by atoms with E-state index >= 15 is 0 Å². The van der Waals surface area contributed by atoms with Crippen LogP contribution >= 0.6 is 0 Å². The molecule has 0 radical (unpaired) electrons. The third kappa shape index (κ3) is 9.47. The summed E-state index contributed by atoms with van der Waals surface area (Å²) in [6.07, 6.45) is 15.2. The lowest BCUT2D eigenvalue weighted by molar-refractivity contribution is -0.384. The van der Waals surface area contributed by atoms with Gasteiger partial charge in [-0.25, -0.2) is 27.5 Å². The molecule has 5 heterocycles. The lowest BCUT2D eigenvalue weighted by Gasteiger charge is -2.56. The highest BCUT2D eigenvalue weighted by atomic mass is 32.2. The minimum Gasteiger partial charge on any atom is -0.455 e. The zero-order chi connectivity index (χ0) is 41.4. The van der Waals surface area contributed by atoms with Crippen LogP contribution in [0.15, 0.2) is 64.2 Å². The van der Waals surface area contributed by atoms with E-state index in [0.29, 0.717) is 29.4 Å². The van der Waals surface area contributed by atoms with E-state index in [2.05, 4.69) is 44.5 Å². The molecule has 3 aromatic heterocycles. The van der Waals surface area contributed by atoms with Crippen molar-refractivity contribution in [2.75, 3.05) is 68.5 Å². The zero-order valence-electron chi connectivity index (χ0n) is 33.4. The first-order chi connectivity index (χ1) is 28.2. The fourth-order valence-corrected chi connectivity index (χ4v) is 11.0. The van der Waals surface area contributed by atoms with E-state index in [-0.39, 0.29) is 29.1 Å². The Hall–Kier alpha value is -4.85. The van der Waals surface area contributed by atoms with Crippen molar-refractivity contribution in [2.45, 2.75) is 68.3 Å². The first-order valence-electron chi connectivity index (χ1n) is 20.3. The third-order valence-electron chi connectivity index (χ3n) is 12.4. The van der Waals surface area contributed by atoms with Gasteiger partial charge in [0.05, 0.1) is 28.9 Å². The van der Waals surface area contributed by atoms with E-state index in [4.69, 9.17) is 4.74 Å². The van der Waals surface area contributed by atoms with Crippen LogP contribution in [0.4, 0.5) is 17.2 Å². The maximum absolute atomic E-state index is 13.9. The van der Waals surface area contributed by atoms with Crippen molar-refractivity contribution in [3.05, 3.63) is 70.7 Å². The van der Waals surface area contributed by atoms with E-state index in [1.807, 2.05) is 6.07 Å². The molecule has 1 spiro atoms. The van der Waals surface area contributed by atoms with Crippen LogP contribution < -0.4 is 25.0 Å². The van der Waals surface area contributed by atoms with E-state index in [0.717, 1.165) is 101 Å². The quantitative estimate of drug-likeness (QED) is 0.108. The summed E-state index contributed by atoms with van der Waals surface area (Å²) in [5.41, 5.74) is 1.29. The summed E-state index contributed by atoms with van der Waals surface area (Å²) in [6.45, 7) is 6.39. The second-order valence-electron chi connectivity index (χ2n) is 16.8. The summed E-state index contributed by atoms with van der Waals surface area (Å²) in [5.74, 6) is -0.364. The highest BCUT2D eigenvalue weighted by Crippen LogP contribution is 2.51. The highest BCUT2D eigenvalue weighted by molar-refractivity contribution is 7.92. The number of anilines is 2. The summed E-state index contributed by atoms with van der Waals surface area (Å²) >= 11 is 0. The van der Waals surface area contributed by atoms with Crippen molar-refractivity contribution in [1.82, 2.24) is 29.9 Å². The number of nitrogens with zero attached hydrogens (tertiary/aromatic N) is 6. The molecule has 1 aromatic carbocycles. The molecule has 8 rings (SSSR count). The first kappa shape index (κ1) is 40.9. The van der Waals surface area contributed by atoms with E-state index < -0.39 is 41.2 Å². The van der Waals surface area contributed by atoms with E-state index in [9.17, 15) is 27.5 Å². The average Bonchev–Trinajstić information content (AvgIpc) is 3.67. The van der Waals surface area contributed by atoms with Gasteiger partial charge >= 0.3 is 5.69 Å². The van der Waals surface area contributed by atoms with Gasteiger partial charge in [0.15, 0.2) is 0 Å². The maximum Gasteiger partial charge on any atom is 0.312 e. The molecular weight excluding hydrogens is 797 g/mol. The molecule has 4 aromatic rings. The van der Waals surface area contributed by atoms with Crippen LogP contribution in [0.25, 0.3) is 11.0 Å². The minimum atomic E-state index is -4.62. The van der Waals surface area contributed by atoms with E-state index in [1.165, 1.54) is 19.0 Å². The smallest absolute Gasteiger partial charge is 0.312 e. The van der Waals surface area contributed by atoms with Crippen molar-refractivity contribution in [2.24, 2.45) is 15.7 Å². The van der Waals surface area contributed by atoms with E-state index in [1.54, 1.807) is 43.0 Å². The van der Waals surface area contributed by atoms with Gasteiger partial charge in [0, 0.05) is 103 Å². The summed E-state index contributed by atoms with van der Waals surface area (Å²) in [4.78, 5) is 41.2. The number of carbonyl (C=O) groups excluding carboxylic acids is 1. The lowest BCUT2D eigenvalue weighted by atomic mass is 9.60. The molecule has 0 unspecified atom stereocenters. The van der Waals surface area contributed by atoms with Gasteiger partial charge in [-0.1, -0.05) is 0 Å². The van der Waals surface area contributed by atoms with Crippen molar-refractivity contribution >= 4 is 53.9 Å². The zero-order valence-corrected chi connectivity index (χ0v) is 35.0. The number of H-pyrrole nitrogens is 1. The average molecular weight is 849 g/mol. The molecule has 2 aliphatic carbocycles. The van der Waals surface area contributed by atoms with Crippen LogP contribution in [-0.4, -0.2) is 114 Å². The van der Waals surface area contributed by atoms with Gasteiger partial charge in [-0.15, -0.1) is 0 Å². The van der Waals surface area contributed by atoms with Crippen molar-refractivity contribution in [1.29, 1.82) is 0 Å². The molecule has 0 bridgehead atoms. The maximum atomic E-state index is 13.9. The number of ether oxygens (including phenoxy) is 1. The lowest BCUT2D eigenvalue weighted by Crippen LogP contribution is -2.58. The number of amides is 1. The number of fused-ring (bicyclic) bond motifs is 1. The monoisotopic (exact) mass is 848 g/mol. The summed E-state index contributed by atoms with van der Waals surface area (Å²) in [6, 6.07) is 10.3. The van der Waals surface area contributed by atoms with Crippen molar-refractivity contribution in [3.8, 4) is 11.5 Å². The van der Waals surface area contributed by atoms with Crippen LogP contribution in [0.5, 0.6) is 11.5 Å². The number of sulfonamides is 1. The Labute approximate surface area is 344 Å². The topological polar surface area (TPSA) is 217 Å². The number of carbonyl (C=O) groups is 1. The van der Waals surface area contributed by atoms with Gasteiger partial charge in [-0.2, -0.15) is 0 Å². The number of rotatable bonds is 12. The summed E-state index contributed by atoms with van der Waals surface area (Å²) < 4.78 is 52.2. The molecule has 1 amide bonds. The van der Waals surface area contributed by atoms with Crippen molar-refractivity contribution in [3.63, 3.8) is 0 Å². The number of hydrogen-bond acceptors (Lipinski definition) is 14. The molecule has 2 saturated heterocycles. The van der Waals surface area contributed by atoms with Gasteiger partial charge < -0.3 is 25.3 Å². The minimum absolute atomic E-state index is 0.0258. The van der Waals surface area contributed by atoms with Crippen LogP contribution in [-0.2, 0) is 19.8 Å². The number of pyridine rings is 2. The standard InChI is InChI=1S/C40H52N10O7S2/c1-58(2,54)46-29-5-3-27(4-6-29)24-43-38-35(50(52)53)21-33(26-45-38)59(55,56)47-39(51)34-8-7-30(20-36(34)57-32-19-28-9-12-42-37(28)44-25-32)48-15-10-40(11-16-48)22-31(23-40)49-17-13-41-14-18-49/h7-9,12,19-21,25-27,29,31,41H,3-6,10-11,13-18,22-24H2,1-2H3,(H,42,44)(H,43,45)(H,47,51). The Bertz CT molecular complexity index is 2430. The molecule has 4 aliphatic rings. The number of nitrogens with one attached hydrogen (secondary N) is 4. The summed E-state index contributed by atoms with van der Waals surface area (Å²) in [5, 5.41) is 19.4. The molecular formula is C40H52N10O7S2. The Kier molecular flexibility index (Phi) is 11.6. The van der Waals surface area contributed by atoms with Crippen LogP contribution in [0.1, 0.15) is 61.7 Å². The van der Waals surface area contributed by atoms with Gasteiger partial charge in [-0.3, -0.25) is 24.0 Å². The molecule has 4 N–H and O–H groups in total. The third-order valence-corrected chi connectivity index (χ3v) is 14.5. The molecule has 0 atom stereocenters. The van der Waals surface area contributed by atoms with Gasteiger partial charge in [0.2, 0.25) is 5.82 Å². The normalized spacial score (nSPS) is 21.5. The largest absolute Gasteiger partial charge is 0.455 e.